The van der Waals surface area contributed by atoms with Gasteiger partial charge in [-0.05, 0) is 59.9 Å². The molecule has 0 aliphatic rings. The van der Waals surface area contributed by atoms with Crippen LogP contribution in [0.15, 0.2) is 54.7 Å². The van der Waals surface area contributed by atoms with E-state index in [1.54, 1.807) is 44.4 Å². The molecule has 6 heteroatoms. The first-order valence-electron chi connectivity index (χ1n) is 10.2. The van der Waals surface area contributed by atoms with Crippen molar-refractivity contribution in [2.75, 3.05) is 17.7 Å². The summed E-state index contributed by atoms with van der Waals surface area (Å²) in [6, 6.07) is 13.9. The molecule has 0 spiro atoms. The standard InChI is InChI=1S/C25H26FN3O2/c1-4-24(31)29(3)22-11-8-18(15-21(22)26)20-10-7-19(14-16(20)2)23(30)12-9-17-6-5-13-28-25(17)27/h5-8,10-11,13-15H,4,9,12H2,1-3H3,(H2,27,28). The van der Waals surface area contributed by atoms with Crippen molar-refractivity contribution in [2.45, 2.75) is 33.1 Å². The highest BCUT2D eigenvalue weighted by Gasteiger charge is 2.15. The van der Waals surface area contributed by atoms with Gasteiger partial charge in [0.1, 0.15) is 11.6 Å². The number of aryl methyl sites for hydroxylation is 2. The largest absolute Gasteiger partial charge is 0.383 e. The second-order valence-electron chi connectivity index (χ2n) is 7.47. The first-order chi connectivity index (χ1) is 14.8. The van der Waals surface area contributed by atoms with Gasteiger partial charge in [0.2, 0.25) is 5.91 Å². The molecule has 0 saturated heterocycles. The van der Waals surface area contributed by atoms with E-state index < -0.39 is 5.82 Å². The maximum absolute atomic E-state index is 14.7. The minimum Gasteiger partial charge on any atom is -0.383 e. The third kappa shape index (κ3) is 4.97. The van der Waals surface area contributed by atoms with E-state index in [4.69, 9.17) is 5.73 Å². The van der Waals surface area contributed by atoms with Crippen LogP contribution in [0.3, 0.4) is 0 Å². The van der Waals surface area contributed by atoms with Crippen molar-refractivity contribution < 1.29 is 14.0 Å². The summed E-state index contributed by atoms with van der Waals surface area (Å²) >= 11 is 0. The van der Waals surface area contributed by atoms with Crippen LogP contribution in [-0.4, -0.2) is 23.7 Å². The normalized spacial score (nSPS) is 10.7. The molecular weight excluding hydrogens is 393 g/mol. The zero-order chi connectivity index (χ0) is 22.5. The average Bonchev–Trinajstić information content (AvgIpc) is 2.77. The Morgan fingerprint density at radius 2 is 1.90 bits per heavy atom. The fourth-order valence-electron chi connectivity index (χ4n) is 3.53. The van der Waals surface area contributed by atoms with Crippen LogP contribution in [0.5, 0.6) is 0 Å². The van der Waals surface area contributed by atoms with Crippen LogP contribution in [0.25, 0.3) is 11.1 Å². The fraction of sp³-hybridized carbons (Fsp3) is 0.240. The van der Waals surface area contributed by atoms with E-state index in [-0.39, 0.29) is 17.4 Å². The summed E-state index contributed by atoms with van der Waals surface area (Å²) in [5.41, 5.74) is 9.95. The van der Waals surface area contributed by atoms with Gasteiger partial charge in [-0.1, -0.05) is 31.2 Å². The Morgan fingerprint density at radius 1 is 1.13 bits per heavy atom. The van der Waals surface area contributed by atoms with Gasteiger partial charge >= 0.3 is 0 Å². The van der Waals surface area contributed by atoms with Crippen molar-refractivity contribution in [3.8, 4) is 11.1 Å². The molecule has 0 unspecified atom stereocenters. The van der Waals surface area contributed by atoms with E-state index >= 15 is 0 Å². The van der Waals surface area contributed by atoms with Gasteiger partial charge in [0.05, 0.1) is 5.69 Å². The average molecular weight is 420 g/mol. The van der Waals surface area contributed by atoms with Gasteiger partial charge in [-0.2, -0.15) is 0 Å². The third-order valence-electron chi connectivity index (χ3n) is 5.39. The number of carbonyl (C=O) groups is 2. The minimum absolute atomic E-state index is 0.0131. The number of benzene rings is 2. The number of halogens is 1. The molecule has 0 aliphatic heterocycles. The van der Waals surface area contributed by atoms with Crippen LogP contribution in [0.4, 0.5) is 15.9 Å². The number of rotatable bonds is 7. The van der Waals surface area contributed by atoms with Crippen molar-refractivity contribution in [3.63, 3.8) is 0 Å². The van der Waals surface area contributed by atoms with Crippen LogP contribution in [0, 0.1) is 12.7 Å². The summed E-state index contributed by atoms with van der Waals surface area (Å²) in [5, 5.41) is 0. The van der Waals surface area contributed by atoms with Crippen LogP contribution >= 0.6 is 0 Å². The Labute approximate surface area is 181 Å². The highest BCUT2D eigenvalue weighted by atomic mass is 19.1. The monoisotopic (exact) mass is 419 g/mol. The lowest BCUT2D eigenvalue weighted by Gasteiger charge is -2.18. The van der Waals surface area contributed by atoms with Crippen molar-refractivity contribution in [1.82, 2.24) is 4.98 Å². The highest BCUT2D eigenvalue weighted by molar-refractivity contribution is 5.97. The van der Waals surface area contributed by atoms with Gasteiger partial charge < -0.3 is 10.6 Å². The second-order valence-corrected chi connectivity index (χ2v) is 7.47. The van der Waals surface area contributed by atoms with Crippen LogP contribution in [0.1, 0.15) is 41.3 Å². The first kappa shape index (κ1) is 22.2. The van der Waals surface area contributed by atoms with Gasteiger partial charge in [0.25, 0.3) is 0 Å². The molecule has 3 aromatic rings. The predicted molar refractivity (Wildman–Crippen MR) is 122 cm³/mol. The maximum Gasteiger partial charge on any atom is 0.226 e. The van der Waals surface area contributed by atoms with E-state index in [1.165, 1.54) is 11.0 Å². The molecule has 2 N–H and O–H groups in total. The summed E-state index contributed by atoms with van der Waals surface area (Å²) in [5.74, 6) is -0.160. The molecule has 0 saturated carbocycles. The van der Waals surface area contributed by atoms with Gasteiger partial charge in [0.15, 0.2) is 5.78 Å². The Hall–Kier alpha value is -3.54. The zero-order valence-corrected chi connectivity index (χ0v) is 18.0. The van der Waals surface area contributed by atoms with Crippen LogP contribution < -0.4 is 10.6 Å². The summed E-state index contributed by atoms with van der Waals surface area (Å²) in [7, 11) is 1.56. The number of amides is 1. The molecule has 1 aromatic heterocycles. The van der Waals surface area contributed by atoms with Gasteiger partial charge in [-0.15, -0.1) is 0 Å². The second kappa shape index (κ2) is 9.51. The Morgan fingerprint density at radius 3 is 2.55 bits per heavy atom. The number of hydrogen-bond donors (Lipinski definition) is 1. The summed E-state index contributed by atoms with van der Waals surface area (Å²) in [6.07, 6.45) is 2.78. The summed E-state index contributed by atoms with van der Waals surface area (Å²) in [6.45, 7) is 3.63. The van der Waals surface area contributed by atoms with Crippen molar-refractivity contribution in [2.24, 2.45) is 0 Å². The molecule has 0 aliphatic carbocycles. The van der Waals surface area contributed by atoms with Gasteiger partial charge in [0, 0.05) is 31.6 Å². The minimum atomic E-state index is -0.463. The quantitative estimate of drug-likeness (QED) is 0.549. The molecule has 3 rings (SSSR count). The molecule has 0 fully saturated rings. The zero-order valence-electron chi connectivity index (χ0n) is 18.0. The van der Waals surface area contributed by atoms with Gasteiger partial charge in [-0.25, -0.2) is 9.37 Å². The van der Waals surface area contributed by atoms with Crippen molar-refractivity contribution in [3.05, 3.63) is 77.2 Å². The molecule has 2 aromatic carbocycles. The smallest absolute Gasteiger partial charge is 0.226 e. The predicted octanol–water partition coefficient (Wildman–Crippen LogP) is 4.97. The number of anilines is 2. The molecule has 1 heterocycles. The van der Waals surface area contributed by atoms with Gasteiger partial charge in [-0.3, -0.25) is 9.59 Å². The number of nitrogen functional groups attached to an aromatic ring is 1. The molecule has 0 atom stereocenters. The highest BCUT2D eigenvalue weighted by Crippen LogP contribution is 2.29. The lowest BCUT2D eigenvalue weighted by Crippen LogP contribution is -2.25. The molecule has 5 nitrogen and oxygen atoms in total. The first-order valence-corrected chi connectivity index (χ1v) is 10.2. The maximum atomic E-state index is 14.7. The number of aromatic nitrogens is 1. The Balaban J connectivity index is 1.77. The SMILES string of the molecule is CCC(=O)N(C)c1ccc(-c2ccc(C(=O)CCc3cccnc3N)cc2C)cc1F. The molecule has 160 valence electrons. The van der Waals surface area contributed by atoms with E-state index in [2.05, 4.69) is 4.98 Å². The van der Waals surface area contributed by atoms with E-state index in [9.17, 15) is 14.0 Å². The number of pyridine rings is 1. The van der Waals surface area contributed by atoms with Crippen molar-refractivity contribution in [1.29, 1.82) is 0 Å². The summed E-state index contributed by atoms with van der Waals surface area (Å²) in [4.78, 5) is 29.9. The third-order valence-corrected chi connectivity index (χ3v) is 5.39. The van der Waals surface area contributed by atoms with Crippen molar-refractivity contribution >= 4 is 23.2 Å². The number of Topliss-reactive ketones (excluding diaryl/α,β-unsaturated/α-hetero) is 1. The lowest BCUT2D eigenvalue weighted by molar-refractivity contribution is -0.118. The molecular formula is C25H26FN3O2. The Bertz CT molecular complexity index is 1130. The number of nitrogens with two attached hydrogens (primary N) is 1. The molecule has 1 amide bonds. The molecule has 0 bridgehead atoms. The van der Waals surface area contributed by atoms with E-state index in [0.717, 1.165) is 16.7 Å². The topological polar surface area (TPSA) is 76.3 Å². The lowest BCUT2D eigenvalue weighted by atomic mass is 9.95. The van der Waals surface area contributed by atoms with E-state index in [1.807, 2.05) is 25.1 Å². The number of hydrogen-bond acceptors (Lipinski definition) is 4. The van der Waals surface area contributed by atoms with E-state index in [0.29, 0.717) is 36.2 Å². The Kier molecular flexibility index (Phi) is 6.80. The van der Waals surface area contributed by atoms with Crippen LogP contribution in [0.2, 0.25) is 0 Å². The number of nitrogens with zero attached hydrogens (tertiary/aromatic N) is 2. The number of carbonyl (C=O) groups excluding carboxylic acids is 2. The molecule has 31 heavy (non-hydrogen) atoms. The fourth-order valence-corrected chi connectivity index (χ4v) is 3.53. The molecule has 0 radical (unpaired) electrons. The summed E-state index contributed by atoms with van der Waals surface area (Å²) < 4.78 is 14.7. The van der Waals surface area contributed by atoms with Crippen LogP contribution in [-0.2, 0) is 11.2 Å². The number of ketones is 1.